The van der Waals surface area contributed by atoms with Gasteiger partial charge in [0.15, 0.2) is 0 Å². The second kappa shape index (κ2) is 5.39. The summed E-state index contributed by atoms with van der Waals surface area (Å²) in [6.07, 6.45) is -0.470. The van der Waals surface area contributed by atoms with Crippen LogP contribution in [0.3, 0.4) is 0 Å². The molecule has 3 atom stereocenters. The maximum atomic E-state index is 14.2. The Bertz CT molecular complexity index is 383. The van der Waals surface area contributed by atoms with Gasteiger partial charge in [-0.15, -0.1) is 0 Å². The van der Waals surface area contributed by atoms with Crippen LogP contribution in [0.25, 0.3) is 0 Å². The Morgan fingerprint density at radius 3 is 2.50 bits per heavy atom. The SMILES string of the molecule is FC1CCOC(B2OCCO2)C1c1ccccc1. The Labute approximate surface area is 106 Å². The minimum Gasteiger partial charge on any atom is -0.407 e. The Morgan fingerprint density at radius 2 is 1.78 bits per heavy atom. The van der Waals surface area contributed by atoms with E-state index in [-0.39, 0.29) is 11.9 Å². The van der Waals surface area contributed by atoms with Crippen molar-refractivity contribution in [3.8, 4) is 0 Å². The van der Waals surface area contributed by atoms with Crippen LogP contribution in [0.1, 0.15) is 17.9 Å². The lowest BCUT2D eigenvalue weighted by molar-refractivity contribution is -0.0114. The van der Waals surface area contributed by atoms with Crippen molar-refractivity contribution in [1.29, 1.82) is 0 Å². The third kappa shape index (κ3) is 2.30. The lowest BCUT2D eigenvalue weighted by atomic mass is 9.68. The number of hydrogen-bond acceptors (Lipinski definition) is 3. The first kappa shape index (κ1) is 12.1. The summed E-state index contributed by atoms with van der Waals surface area (Å²) in [5.41, 5.74) is 0.953. The molecule has 0 radical (unpaired) electrons. The molecule has 3 rings (SSSR count). The van der Waals surface area contributed by atoms with Gasteiger partial charge in [0.05, 0.1) is 13.2 Å². The molecule has 0 N–H and O–H groups in total. The van der Waals surface area contributed by atoms with Crippen LogP contribution >= 0.6 is 0 Å². The fourth-order valence-corrected chi connectivity index (χ4v) is 2.69. The fraction of sp³-hybridized carbons (Fsp3) is 0.538. The van der Waals surface area contributed by atoms with Gasteiger partial charge in [0.25, 0.3) is 0 Å². The molecule has 2 saturated heterocycles. The van der Waals surface area contributed by atoms with Crippen LogP contribution in [0, 0.1) is 0 Å². The van der Waals surface area contributed by atoms with Crippen molar-refractivity contribution in [3.63, 3.8) is 0 Å². The van der Waals surface area contributed by atoms with E-state index >= 15 is 0 Å². The number of ether oxygens (including phenoxy) is 1. The van der Waals surface area contributed by atoms with Gasteiger partial charge in [0, 0.05) is 18.9 Å². The molecule has 2 fully saturated rings. The largest absolute Gasteiger partial charge is 0.488 e. The van der Waals surface area contributed by atoms with E-state index < -0.39 is 13.3 Å². The van der Waals surface area contributed by atoms with E-state index in [1.165, 1.54) is 0 Å². The molecular weight excluding hydrogens is 234 g/mol. The van der Waals surface area contributed by atoms with Gasteiger partial charge in [0.1, 0.15) is 12.2 Å². The van der Waals surface area contributed by atoms with E-state index in [9.17, 15) is 4.39 Å². The van der Waals surface area contributed by atoms with Crippen LogP contribution in [0.5, 0.6) is 0 Å². The van der Waals surface area contributed by atoms with Crippen LogP contribution in [0.4, 0.5) is 4.39 Å². The normalized spacial score (nSPS) is 32.7. The number of hydrogen-bond donors (Lipinski definition) is 0. The monoisotopic (exact) mass is 250 g/mol. The van der Waals surface area contributed by atoms with Crippen LogP contribution in [0.15, 0.2) is 30.3 Å². The lowest BCUT2D eigenvalue weighted by Gasteiger charge is -2.35. The first-order valence-electron chi connectivity index (χ1n) is 6.40. The predicted octanol–water partition coefficient (Wildman–Crippen LogP) is 1.97. The van der Waals surface area contributed by atoms with E-state index in [2.05, 4.69) is 0 Å². The summed E-state index contributed by atoms with van der Waals surface area (Å²) in [6, 6.07) is 9.30. The first-order valence-corrected chi connectivity index (χ1v) is 6.40. The average molecular weight is 250 g/mol. The van der Waals surface area contributed by atoms with Crippen molar-refractivity contribution in [2.75, 3.05) is 19.8 Å². The Balaban J connectivity index is 1.85. The second-order valence-corrected chi connectivity index (χ2v) is 4.69. The maximum absolute atomic E-state index is 14.2. The number of alkyl halides is 1. The highest BCUT2D eigenvalue weighted by atomic mass is 19.1. The van der Waals surface area contributed by atoms with E-state index in [0.717, 1.165) is 5.56 Å². The molecule has 3 nitrogen and oxygen atoms in total. The van der Waals surface area contributed by atoms with Crippen LogP contribution in [0.2, 0.25) is 0 Å². The Hall–Kier alpha value is -0.905. The zero-order valence-corrected chi connectivity index (χ0v) is 10.1. The van der Waals surface area contributed by atoms with Gasteiger partial charge in [-0.1, -0.05) is 30.3 Å². The molecule has 1 aromatic rings. The number of rotatable bonds is 2. The zero-order chi connectivity index (χ0) is 12.4. The summed E-state index contributed by atoms with van der Waals surface area (Å²) >= 11 is 0. The molecule has 2 aliphatic heterocycles. The maximum Gasteiger partial charge on any atom is 0.488 e. The summed E-state index contributed by atoms with van der Waals surface area (Å²) in [7, 11) is -0.436. The van der Waals surface area contributed by atoms with Crippen LogP contribution < -0.4 is 0 Å². The molecule has 2 aliphatic rings. The van der Waals surface area contributed by atoms with Crippen molar-refractivity contribution in [2.24, 2.45) is 0 Å². The number of halogens is 1. The molecule has 5 heteroatoms. The topological polar surface area (TPSA) is 27.7 Å². The van der Waals surface area contributed by atoms with Crippen LogP contribution in [-0.4, -0.2) is 39.1 Å². The minimum absolute atomic E-state index is 0.303. The molecule has 2 heterocycles. The predicted molar refractivity (Wildman–Crippen MR) is 66.1 cm³/mol. The molecule has 0 saturated carbocycles. The highest BCUT2D eigenvalue weighted by Crippen LogP contribution is 2.35. The molecule has 18 heavy (non-hydrogen) atoms. The molecular formula is C13H16BFO3. The third-order valence-corrected chi connectivity index (χ3v) is 3.55. The van der Waals surface area contributed by atoms with Crippen molar-refractivity contribution in [2.45, 2.75) is 24.5 Å². The fourth-order valence-electron chi connectivity index (χ4n) is 2.69. The molecule has 1 aromatic carbocycles. The molecule has 96 valence electrons. The minimum atomic E-state index is -0.904. The smallest absolute Gasteiger partial charge is 0.407 e. The lowest BCUT2D eigenvalue weighted by Crippen LogP contribution is -2.46. The van der Waals surface area contributed by atoms with Gasteiger partial charge in [-0.3, -0.25) is 0 Å². The van der Waals surface area contributed by atoms with Crippen molar-refractivity contribution in [1.82, 2.24) is 0 Å². The molecule has 0 bridgehead atoms. The van der Waals surface area contributed by atoms with E-state index in [0.29, 0.717) is 26.2 Å². The van der Waals surface area contributed by atoms with Gasteiger partial charge in [-0.05, 0) is 5.56 Å². The molecule has 0 aromatic heterocycles. The first-order chi connectivity index (χ1) is 8.86. The average Bonchev–Trinajstić information content (AvgIpc) is 2.93. The summed E-state index contributed by atoms with van der Waals surface area (Å²) in [5, 5.41) is 0. The quantitative estimate of drug-likeness (QED) is 0.751. The molecule has 0 aliphatic carbocycles. The Kier molecular flexibility index (Phi) is 3.63. The van der Waals surface area contributed by atoms with Crippen molar-refractivity contribution >= 4 is 7.12 Å². The van der Waals surface area contributed by atoms with Gasteiger partial charge in [-0.25, -0.2) is 4.39 Å². The van der Waals surface area contributed by atoms with E-state index in [1.807, 2.05) is 30.3 Å². The summed E-state index contributed by atoms with van der Waals surface area (Å²) in [6.45, 7) is 1.55. The standard InChI is InChI=1S/C13H16BFO3/c15-11-6-7-16-13(14-17-8-9-18-14)12(11)10-4-2-1-3-5-10/h1-5,11-13H,6-9H2. The zero-order valence-electron chi connectivity index (χ0n) is 10.1. The Morgan fingerprint density at radius 1 is 1.06 bits per heavy atom. The van der Waals surface area contributed by atoms with Gasteiger partial charge < -0.3 is 14.0 Å². The highest BCUT2D eigenvalue weighted by Gasteiger charge is 2.46. The van der Waals surface area contributed by atoms with E-state index in [4.69, 9.17) is 14.0 Å². The van der Waals surface area contributed by atoms with Gasteiger partial charge >= 0.3 is 7.12 Å². The third-order valence-electron chi connectivity index (χ3n) is 3.55. The highest BCUT2D eigenvalue weighted by molar-refractivity contribution is 6.47. The molecule has 3 unspecified atom stereocenters. The number of benzene rings is 1. The van der Waals surface area contributed by atoms with Crippen molar-refractivity contribution in [3.05, 3.63) is 35.9 Å². The molecule has 0 spiro atoms. The summed E-state index contributed by atoms with van der Waals surface area (Å²) in [5.74, 6) is -0.303. The van der Waals surface area contributed by atoms with Crippen molar-refractivity contribution < 1.29 is 18.4 Å². The van der Waals surface area contributed by atoms with Crippen LogP contribution in [-0.2, 0) is 14.0 Å². The summed E-state index contributed by atoms with van der Waals surface area (Å²) in [4.78, 5) is 0. The second-order valence-electron chi connectivity index (χ2n) is 4.69. The molecule has 0 amide bonds. The van der Waals surface area contributed by atoms with Gasteiger partial charge in [-0.2, -0.15) is 0 Å². The van der Waals surface area contributed by atoms with E-state index in [1.54, 1.807) is 0 Å². The summed E-state index contributed by atoms with van der Waals surface area (Å²) < 4.78 is 30.9. The van der Waals surface area contributed by atoms with Gasteiger partial charge in [0.2, 0.25) is 0 Å².